The van der Waals surface area contributed by atoms with Crippen LogP contribution in [0.5, 0.6) is 0 Å². The number of benzene rings is 2. The van der Waals surface area contributed by atoms with Crippen LogP contribution in [0.2, 0.25) is 0 Å². The van der Waals surface area contributed by atoms with Crippen LogP contribution < -0.4 is 0 Å². The minimum absolute atomic E-state index is 0.184. The van der Waals surface area contributed by atoms with Gasteiger partial charge in [0.25, 0.3) is 0 Å². The summed E-state index contributed by atoms with van der Waals surface area (Å²) in [6, 6.07) is 17.9. The van der Waals surface area contributed by atoms with E-state index in [-0.39, 0.29) is 5.41 Å². The first-order valence-corrected chi connectivity index (χ1v) is 7.57. The summed E-state index contributed by atoms with van der Waals surface area (Å²) >= 11 is 0. The minimum Gasteiger partial charge on any atom is -0.0620 e. The second kappa shape index (κ2) is 4.09. The van der Waals surface area contributed by atoms with Gasteiger partial charge in [-0.25, -0.2) is 0 Å². The summed E-state index contributed by atoms with van der Waals surface area (Å²) in [5, 5.41) is 0. The highest BCUT2D eigenvalue weighted by atomic mass is 14.4. The minimum atomic E-state index is 0.184. The molecule has 100 valence electrons. The third-order valence-corrected chi connectivity index (χ3v) is 5.16. The van der Waals surface area contributed by atoms with E-state index in [0.29, 0.717) is 0 Å². The summed E-state index contributed by atoms with van der Waals surface area (Å²) in [6.07, 6.45) is 3.56. The SMILES string of the molecule is CC1(C)C(=C2CCc3ccccc32)Cc2ccccc21. The Morgan fingerprint density at radius 1 is 0.800 bits per heavy atom. The lowest BCUT2D eigenvalue weighted by Gasteiger charge is -2.24. The van der Waals surface area contributed by atoms with Gasteiger partial charge < -0.3 is 0 Å². The van der Waals surface area contributed by atoms with E-state index >= 15 is 0 Å². The Kier molecular flexibility index (Phi) is 2.44. The molecule has 0 nitrogen and oxygen atoms in total. The largest absolute Gasteiger partial charge is 0.0620 e. The third kappa shape index (κ3) is 1.54. The highest BCUT2D eigenvalue weighted by Crippen LogP contribution is 2.48. The fraction of sp³-hybridized carbons (Fsp3) is 0.300. The monoisotopic (exact) mass is 260 g/mol. The topological polar surface area (TPSA) is 0 Å². The second-order valence-corrected chi connectivity index (χ2v) is 6.57. The predicted octanol–water partition coefficient (Wildman–Crippen LogP) is 4.92. The van der Waals surface area contributed by atoms with Gasteiger partial charge in [0.15, 0.2) is 0 Å². The van der Waals surface area contributed by atoms with Gasteiger partial charge in [-0.05, 0) is 47.1 Å². The molecule has 0 saturated carbocycles. The number of allylic oxidation sites excluding steroid dienone is 2. The van der Waals surface area contributed by atoms with Crippen molar-refractivity contribution in [2.24, 2.45) is 0 Å². The summed E-state index contributed by atoms with van der Waals surface area (Å²) < 4.78 is 0. The smallest absolute Gasteiger partial charge is 0.0117 e. The highest BCUT2D eigenvalue weighted by Gasteiger charge is 2.37. The molecule has 2 aliphatic rings. The number of hydrogen-bond acceptors (Lipinski definition) is 0. The Morgan fingerprint density at radius 3 is 2.30 bits per heavy atom. The Labute approximate surface area is 121 Å². The van der Waals surface area contributed by atoms with E-state index in [2.05, 4.69) is 62.4 Å². The molecule has 2 aliphatic carbocycles. The Hall–Kier alpha value is -1.82. The van der Waals surface area contributed by atoms with Crippen LogP contribution in [-0.4, -0.2) is 0 Å². The van der Waals surface area contributed by atoms with E-state index in [1.807, 2.05) is 0 Å². The molecule has 0 N–H and O–H groups in total. The van der Waals surface area contributed by atoms with Crippen LogP contribution in [-0.2, 0) is 18.3 Å². The van der Waals surface area contributed by atoms with E-state index in [4.69, 9.17) is 0 Å². The van der Waals surface area contributed by atoms with Crippen molar-refractivity contribution in [3.05, 3.63) is 76.4 Å². The molecule has 0 heterocycles. The van der Waals surface area contributed by atoms with Crippen molar-refractivity contribution in [2.75, 3.05) is 0 Å². The molecule has 4 rings (SSSR count). The normalized spacial score (nSPS) is 22.7. The van der Waals surface area contributed by atoms with Crippen molar-refractivity contribution < 1.29 is 0 Å². The van der Waals surface area contributed by atoms with Crippen molar-refractivity contribution in [1.82, 2.24) is 0 Å². The van der Waals surface area contributed by atoms with Crippen LogP contribution in [0.1, 0.15) is 42.5 Å². The molecule has 0 aromatic heterocycles. The van der Waals surface area contributed by atoms with Gasteiger partial charge >= 0.3 is 0 Å². The van der Waals surface area contributed by atoms with Crippen LogP contribution >= 0.6 is 0 Å². The van der Waals surface area contributed by atoms with Crippen LogP contribution in [0.4, 0.5) is 0 Å². The molecule has 2 aromatic carbocycles. The number of aryl methyl sites for hydroxylation is 1. The lowest BCUT2D eigenvalue weighted by Crippen LogP contribution is -2.16. The van der Waals surface area contributed by atoms with E-state index in [9.17, 15) is 0 Å². The Bertz CT molecular complexity index is 716. The van der Waals surface area contributed by atoms with Crippen molar-refractivity contribution in [3.63, 3.8) is 0 Å². The zero-order chi connectivity index (χ0) is 13.7. The van der Waals surface area contributed by atoms with E-state index < -0.39 is 0 Å². The lowest BCUT2D eigenvalue weighted by molar-refractivity contribution is 0.644. The first-order valence-electron chi connectivity index (χ1n) is 7.57. The second-order valence-electron chi connectivity index (χ2n) is 6.57. The summed E-state index contributed by atoms with van der Waals surface area (Å²) in [4.78, 5) is 0. The van der Waals surface area contributed by atoms with Gasteiger partial charge in [0.05, 0.1) is 0 Å². The first-order chi connectivity index (χ1) is 9.68. The molecule has 0 saturated heterocycles. The number of rotatable bonds is 0. The van der Waals surface area contributed by atoms with Gasteiger partial charge in [-0.3, -0.25) is 0 Å². The van der Waals surface area contributed by atoms with Gasteiger partial charge in [-0.2, -0.15) is 0 Å². The number of fused-ring (bicyclic) bond motifs is 2. The summed E-state index contributed by atoms with van der Waals surface area (Å²) in [7, 11) is 0. The van der Waals surface area contributed by atoms with Crippen LogP contribution in [0, 0.1) is 0 Å². The maximum Gasteiger partial charge on any atom is 0.0117 e. The maximum atomic E-state index is 2.39. The molecule has 2 aromatic rings. The molecule has 0 aliphatic heterocycles. The van der Waals surface area contributed by atoms with Gasteiger partial charge in [-0.15, -0.1) is 0 Å². The number of hydrogen-bond donors (Lipinski definition) is 0. The Morgan fingerprint density at radius 2 is 1.50 bits per heavy atom. The van der Waals surface area contributed by atoms with Crippen LogP contribution in [0.15, 0.2) is 54.1 Å². The highest BCUT2D eigenvalue weighted by molar-refractivity contribution is 5.78. The molecule has 0 fully saturated rings. The standard InChI is InChI=1S/C20H20/c1-20(2)18-10-6-4-8-15(18)13-19(20)17-12-11-14-7-3-5-9-16(14)17/h3-10H,11-13H2,1-2H3. The molecular formula is C20H20. The van der Waals surface area contributed by atoms with Gasteiger partial charge in [-0.1, -0.05) is 68.0 Å². The Balaban J connectivity index is 1.92. The average Bonchev–Trinajstić information content (AvgIpc) is 2.98. The molecule has 0 radical (unpaired) electrons. The molecule has 0 atom stereocenters. The molecule has 0 unspecified atom stereocenters. The third-order valence-electron chi connectivity index (χ3n) is 5.16. The summed E-state index contributed by atoms with van der Waals surface area (Å²) in [6.45, 7) is 4.78. The van der Waals surface area contributed by atoms with Crippen molar-refractivity contribution >= 4 is 5.57 Å². The molecule has 0 heteroatoms. The fourth-order valence-corrected chi connectivity index (χ4v) is 4.08. The van der Waals surface area contributed by atoms with Gasteiger partial charge in [0, 0.05) is 5.41 Å². The zero-order valence-electron chi connectivity index (χ0n) is 12.2. The first kappa shape index (κ1) is 12.0. The molecule has 20 heavy (non-hydrogen) atoms. The zero-order valence-corrected chi connectivity index (χ0v) is 12.2. The van der Waals surface area contributed by atoms with Gasteiger partial charge in [0.2, 0.25) is 0 Å². The summed E-state index contributed by atoms with van der Waals surface area (Å²) in [5.74, 6) is 0. The van der Waals surface area contributed by atoms with Crippen LogP contribution in [0.3, 0.4) is 0 Å². The maximum absolute atomic E-state index is 2.39. The van der Waals surface area contributed by atoms with E-state index in [1.165, 1.54) is 35.1 Å². The lowest BCUT2D eigenvalue weighted by atomic mass is 9.79. The van der Waals surface area contributed by atoms with Crippen molar-refractivity contribution in [3.8, 4) is 0 Å². The predicted molar refractivity (Wildman–Crippen MR) is 84.9 cm³/mol. The molecule has 0 bridgehead atoms. The fourth-order valence-electron chi connectivity index (χ4n) is 4.08. The average molecular weight is 260 g/mol. The van der Waals surface area contributed by atoms with Crippen LogP contribution in [0.25, 0.3) is 5.57 Å². The quantitative estimate of drug-likeness (QED) is 0.630. The van der Waals surface area contributed by atoms with E-state index in [1.54, 1.807) is 11.1 Å². The van der Waals surface area contributed by atoms with Crippen molar-refractivity contribution in [1.29, 1.82) is 0 Å². The van der Waals surface area contributed by atoms with E-state index in [0.717, 1.165) is 6.42 Å². The van der Waals surface area contributed by atoms with Gasteiger partial charge in [0.1, 0.15) is 0 Å². The summed E-state index contributed by atoms with van der Waals surface area (Å²) in [5.41, 5.74) is 9.51. The molecule has 0 amide bonds. The molecule has 0 spiro atoms. The molecular weight excluding hydrogens is 240 g/mol. The van der Waals surface area contributed by atoms with Crippen molar-refractivity contribution in [2.45, 2.75) is 38.5 Å².